The summed E-state index contributed by atoms with van der Waals surface area (Å²) in [5.74, 6) is 1.71. The van der Waals surface area contributed by atoms with Gasteiger partial charge in [0.2, 0.25) is 0 Å². The Morgan fingerprint density at radius 1 is 1.00 bits per heavy atom. The van der Waals surface area contributed by atoms with Crippen molar-refractivity contribution in [2.24, 2.45) is 0 Å². The van der Waals surface area contributed by atoms with Crippen LogP contribution >= 0.6 is 27.7 Å². The zero-order chi connectivity index (χ0) is 23.5. The highest BCUT2D eigenvalue weighted by molar-refractivity contribution is 9.08. The number of ether oxygens (including phenoxy) is 1. The van der Waals surface area contributed by atoms with Crippen LogP contribution in [0.4, 0.5) is 5.82 Å². The van der Waals surface area contributed by atoms with E-state index >= 15 is 0 Å². The molecule has 174 valence electrons. The minimum atomic E-state index is -0.201. The zero-order valence-corrected chi connectivity index (χ0v) is 20.6. The summed E-state index contributed by atoms with van der Waals surface area (Å²) in [6.07, 6.45) is 7.31. The molecule has 2 heterocycles. The van der Waals surface area contributed by atoms with Crippen LogP contribution in [-0.2, 0) is 0 Å². The highest BCUT2D eigenvalue weighted by atomic mass is 79.9. The second kappa shape index (κ2) is 10.1. The second-order valence-electron chi connectivity index (χ2n) is 8.34. The van der Waals surface area contributed by atoms with E-state index in [0.717, 1.165) is 25.7 Å². The summed E-state index contributed by atoms with van der Waals surface area (Å²) in [5.41, 5.74) is 1.48. The van der Waals surface area contributed by atoms with Crippen molar-refractivity contribution in [2.75, 3.05) is 5.32 Å². The Morgan fingerprint density at radius 3 is 2.50 bits per heavy atom. The van der Waals surface area contributed by atoms with E-state index in [2.05, 4.69) is 40.8 Å². The SMILES string of the molecule is O=C(c1ccc(Oc2ccccc2)cc1Cl)c1c[nH]c2ncnc(NC3CCC(NBr)CC3)c12. The van der Waals surface area contributed by atoms with E-state index in [9.17, 15) is 4.79 Å². The molecule has 2 aromatic carbocycles. The summed E-state index contributed by atoms with van der Waals surface area (Å²) in [5, 5.41) is 4.53. The molecule has 1 saturated carbocycles. The fraction of sp³-hybridized carbons (Fsp3) is 0.240. The third-order valence-electron chi connectivity index (χ3n) is 6.10. The molecule has 0 bridgehead atoms. The van der Waals surface area contributed by atoms with Crippen molar-refractivity contribution in [1.82, 2.24) is 19.3 Å². The van der Waals surface area contributed by atoms with Crippen LogP contribution in [0.15, 0.2) is 61.1 Å². The maximum absolute atomic E-state index is 13.5. The second-order valence-corrected chi connectivity index (χ2v) is 9.20. The Balaban J connectivity index is 1.40. The number of fused-ring (bicyclic) bond motifs is 1. The van der Waals surface area contributed by atoms with E-state index in [1.807, 2.05) is 30.3 Å². The molecular formula is C25H23BrClN5O2. The minimum Gasteiger partial charge on any atom is -0.457 e. The van der Waals surface area contributed by atoms with Crippen molar-refractivity contribution in [3.8, 4) is 11.5 Å². The van der Waals surface area contributed by atoms with E-state index in [4.69, 9.17) is 16.3 Å². The van der Waals surface area contributed by atoms with Gasteiger partial charge in [0.15, 0.2) is 5.78 Å². The molecule has 0 radical (unpaired) electrons. The summed E-state index contributed by atoms with van der Waals surface area (Å²) in [6.45, 7) is 0. The average molecular weight is 541 g/mol. The molecule has 0 saturated heterocycles. The quantitative estimate of drug-likeness (QED) is 0.189. The average Bonchev–Trinajstić information content (AvgIpc) is 3.30. The Morgan fingerprint density at radius 2 is 1.76 bits per heavy atom. The molecule has 5 rings (SSSR count). The normalized spacial score (nSPS) is 18.1. The standard InChI is InChI=1S/C25H23BrClN5O2/c26-32-16-8-6-15(7-9-16)31-25-22-20(13-28-24(22)29-14-30-25)23(33)19-11-10-18(12-21(19)27)34-17-4-2-1-3-5-17/h1-5,10-16,32H,6-9H2,(H2,28,29,30,31). The number of rotatable bonds is 7. The number of carbonyl (C=O) groups is 1. The van der Waals surface area contributed by atoms with Crippen molar-refractivity contribution >= 4 is 50.4 Å². The number of aromatic nitrogens is 3. The van der Waals surface area contributed by atoms with Crippen molar-refractivity contribution < 1.29 is 9.53 Å². The number of ketones is 1. The van der Waals surface area contributed by atoms with Gasteiger partial charge in [-0.25, -0.2) is 9.97 Å². The van der Waals surface area contributed by atoms with Gasteiger partial charge >= 0.3 is 0 Å². The fourth-order valence-electron chi connectivity index (χ4n) is 4.30. The van der Waals surface area contributed by atoms with Gasteiger partial charge in [-0.3, -0.25) is 9.14 Å². The molecule has 0 unspecified atom stereocenters. The number of nitrogens with one attached hydrogen (secondary N) is 3. The van der Waals surface area contributed by atoms with Gasteiger partial charge in [0.05, 0.1) is 16.0 Å². The van der Waals surface area contributed by atoms with Gasteiger partial charge < -0.3 is 15.0 Å². The number of anilines is 1. The molecule has 0 aliphatic heterocycles. The molecule has 0 atom stereocenters. The molecule has 9 heteroatoms. The first-order valence-electron chi connectivity index (χ1n) is 11.1. The Kier molecular flexibility index (Phi) is 6.80. The number of H-pyrrole nitrogens is 1. The predicted molar refractivity (Wildman–Crippen MR) is 137 cm³/mol. The van der Waals surface area contributed by atoms with Crippen molar-refractivity contribution in [1.29, 1.82) is 0 Å². The van der Waals surface area contributed by atoms with Crippen molar-refractivity contribution in [3.63, 3.8) is 0 Å². The van der Waals surface area contributed by atoms with Gasteiger partial charge in [-0.15, -0.1) is 0 Å². The molecule has 3 N–H and O–H groups in total. The molecule has 0 spiro atoms. The molecule has 1 aliphatic rings. The van der Waals surface area contributed by atoms with Gasteiger partial charge in [0.25, 0.3) is 0 Å². The topological polar surface area (TPSA) is 91.9 Å². The van der Waals surface area contributed by atoms with Crippen molar-refractivity contribution in [2.45, 2.75) is 37.8 Å². The van der Waals surface area contributed by atoms with E-state index in [1.165, 1.54) is 6.33 Å². The predicted octanol–water partition coefficient (Wildman–Crippen LogP) is 6.26. The van der Waals surface area contributed by atoms with Crippen LogP contribution in [0, 0.1) is 0 Å². The first-order chi connectivity index (χ1) is 16.6. The number of benzene rings is 2. The molecule has 7 nitrogen and oxygen atoms in total. The van der Waals surface area contributed by atoms with Crippen LogP contribution in [0.3, 0.4) is 0 Å². The largest absolute Gasteiger partial charge is 0.457 e. The minimum absolute atomic E-state index is 0.201. The maximum Gasteiger partial charge on any atom is 0.196 e. The highest BCUT2D eigenvalue weighted by Crippen LogP contribution is 2.32. The molecule has 2 aromatic heterocycles. The molecule has 1 fully saturated rings. The third-order valence-corrected chi connectivity index (χ3v) is 7.06. The summed E-state index contributed by atoms with van der Waals surface area (Å²) >= 11 is 9.86. The van der Waals surface area contributed by atoms with E-state index in [-0.39, 0.29) is 11.8 Å². The van der Waals surface area contributed by atoms with Crippen LogP contribution in [0.25, 0.3) is 11.0 Å². The fourth-order valence-corrected chi connectivity index (χ4v) is 5.02. The maximum atomic E-state index is 13.5. The number of carbonyl (C=O) groups excluding carboxylic acids is 1. The first kappa shape index (κ1) is 22.8. The lowest BCUT2D eigenvalue weighted by Crippen LogP contribution is -2.33. The van der Waals surface area contributed by atoms with Crippen LogP contribution in [0.1, 0.15) is 41.6 Å². The van der Waals surface area contributed by atoms with Gasteiger partial charge in [0.1, 0.15) is 29.3 Å². The smallest absolute Gasteiger partial charge is 0.196 e. The Labute approximate surface area is 210 Å². The third kappa shape index (κ3) is 4.80. The molecule has 34 heavy (non-hydrogen) atoms. The van der Waals surface area contributed by atoms with E-state index in [0.29, 0.717) is 50.5 Å². The lowest BCUT2D eigenvalue weighted by atomic mass is 9.91. The number of nitrogens with zero attached hydrogens (tertiary/aromatic N) is 2. The molecule has 0 amide bonds. The molecular weight excluding hydrogens is 518 g/mol. The van der Waals surface area contributed by atoms with Gasteiger partial charge in [-0.1, -0.05) is 29.8 Å². The lowest BCUT2D eigenvalue weighted by Gasteiger charge is -2.28. The van der Waals surface area contributed by atoms with Gasteiger partial charge in [0, 0.05) is 46.1 Å². The van der Waals surface area contributed by atoms with Gasteiger partial charge in [-0.05, 0) is 49.9 Å². The van der Waals surface area contributed by atoms with Crippen LogP contribution in [-0.4, -0.2) is 32.8 Å². The summed E-state index contributed by atoms with van der Waals surface area (Å²) in [4.78, 5) is 25.4. The van der Waals surface area contributed by atoms with Crippen LogP contribution in [0.2, 0.25) is 5.02 Å². The summed E-state index contributed by atoms with van der Waals surface area (Å²) < 4.78 is 9.00. The number of aromatic amines is 1. The summed E-state index contributed by atoms with van der Waals surface area (Å²) in [7, 11) is 0. The monoisotopic (exact) mass is 539 g/mol. The van der Waals surface area contributed by atoms with E-state index in [1.54, 1.807) is 24.4 Å². The van der Waals surface area contributed by atoms with E-state index < -0.39 is 0 Å². The number of para-hydroxylation sites is 1. The molecule has 1 aliphatic carbocycles. The van der Waals surface area contributed by atoms with Crippen molar-refractivity contribution in [3.05, 3.63) is 77.2 Å². The van der Waals surface area contributed by atoms with Crippen LogP contribution < -0.4 is 14.4 Å². The highest BCUT2D eigenvalue weighted by Gasteiger charge is 2.24. The van der Waals surface area contributed by atoms with Gasteiger partial charge in [-0.2, -0.15) is 0 Å². The first-order valence-corrected chi connectivity index (χ1v) is 12.3. The number of halogens is 2. The Bertz CT molecular complexity index is 1310. The number of hydrogen-bond donors (Lipinski definition) is 3. The number of hydrogen-bond acceptors (Lipinski definition) is 6. The summed E-state index contributed by atoms with van der Waals surface area (Å²) in [6, 6.07) is 15.3. The zero-order valence-electron chi connectivity index (χ0n) is 18.2. The lowest BCUT2D eigenvalue weighted by molar-refractivity contribution is 0.104. The molecule has 4 aromatic rings. The van der Waals surface area contributed by atoms with Crippen LogP contribution in [0.5, 0.6) is 11.5 Å². The Hall–Kier alpha value is -2.94.